The van der Waals surface area contributed by atoms with Gasteiger partial charge in [-0.25, -0.2) is 8.42 Å². The van der Waals surface area contributed by atoms with Crippen LogP contribution in [-0.4, -0.2) is 88.6 Å². The zero-order chi connectivity index (χ0) is 56.2. The van der Waals surface area contributed by atoms with Gasteiger partial charge in [-0.05, 0) is 63.2 Å². The number of rotatable bonds is 28. The lowest BCUT2D eigenvalue weighted by Crippen LogP contribution is -2.66. The molecule has 0 amide bonds. The van der Waals surface area contributed by atoms with Gasteiger partial charge in [-0.3, -0.25) is 0 Å². The van der Waals surface area contributed by atoms with Gasteiger partial charge in [0.05, 0.1) is 70.1 Å². The molecule has 14 heteroatoms. The molecule has 4 unspecified atom stereocenters. The lowest BCUT2D eigenvalue weighted by atomic mass is 9.93. The van der Waals surface area contributed by atoms with Crippen LogP contribution in [0.25, 0.3) is 0 Å². The van der Waals surface area contributed by atoms with Crippen LogP contribution < -0.4 is 0 Å². The molecule has 2 aliphatic rings. The summed E-state index contributed by atoms with van der Waals surface area (Å²) in [4.78, 5) is 0.137. The molecular formula is C68H69BrO12S. The summed E-state index contributed by atoms with van der Waals surface area (Å²) < 4.78 is 101. The van der Waals surface area contributed by atoms with Gasteiger partial charge in [-0.2, -0.15) is 0 Å². The molecule has 426 valence electrons. The summed E-state index contributed by atoms with van der Waals surface area (Å²) in [5.41, 5.74) is 6.50. The Kier molecular flexibility index (Phi) is 21.8. The monoisotopic (exact) mass is 1190 g/mol. The Morgan fingerprint density at radius 3 is 1.01 bits per heavy atom. The lowest BCUT2D eigenvalue weighted by molar-refractivity contribution is -0.362. The van der Waals surface area contributed by atoms with Crippen molar-refractivity contribution in [2.75, 3.05) is 19.0 Å². The number of sulfone groups is 1. The smallest absolute Gasteiger partial charge is 0.187 e. The highest BCUT2D eigenvalue weighted by atomic mass is 79.9. The maximum Gasteiger partial charge on any atom is 0.187 e. The highest BCUT2D eigenvalue weighted by Crippen LogP contribution is 2.38. The van der Waals surface area contributed by atoms with Crippen molar-refractivity contribution in [1.82, 2.24) is 0 Å². The molecule has 2 heterocycles. The Balaban J connectivity index is 1.08. The fraction of sp³-hybridized carbons (Fsp3) is 0.294. The van der Waals surface area contributed by atoms with Gasteiger partial charge >= 0.3 is 0 Å². The standard InChI is InChI=1S/C68H69BrO12S/c69-57-36-38-58(39-37-57)82(70,71)49-61-63(75-43-53-28-14-4-15-29-53)65(76-44-54-30-16-5-17-31-54)64(60(79-61)48-73-41-51-24-10-2-11-25-51)81-68-67(78-46-56-34-20-7-21-35-56)66(77-45-55-32-18-6-19-33-55)62(74-42-52-26-12-3-13-27-52)59(80-68)47-72-40-50-22-8-1-9-23-50/h1-39,59-68H,40-49H2/t59?,60?,61-,62+,63?,64+,65-,66+,67?,68-/m0/s1. The summed E-state index contributed by atoms with van der Waals surface area (Å²) in [5.74, 6) is -0.444. The Morgan fingerprint density at radius 2 is 0.634 bits per heavy atom. The highest BCUT2D eigenvalue weighted by Gasteiger charge is 2.55. The first-order chi connectivity index (χ1) is 40.3. The van der Waals surface area contributed by atoms with Gasteiger partial charge in [0, 0.05) is 4.47 Å². The number of hydrogen-bond donors (Lipinski definition) is 0. The zero-order valence-electron chi connectivity index (χ0n) is 45.5. The summed E-state index contributed by atoms with van der Waals surface area (Å²) >= 11 is 3.47. The van der Waals surface area contributed by atoms with Crippen molar-refractivity contribution >= 4 is 25.8 Å². The second-order valence-corrected chi connectivity index (χ2v) is 23.3. The van der Waals surface area contributed by atoms with E-state index >= 15 is 0 Å². The topological polar surface area (TPSA) is 126 Å². The molecule has 0 saturated carbocycles. The molecule has 0 aromatic heterocycles. The van der Waals surface area contributed by atoms with Crippen molar-refractivity contribution in [2.45, 2.75) is 112 Å². The van der Waals surface area contributed by atoms with Crippen molar-refractivity contribution in [2.24, 2.45) is 0 Å². The van der Waals surface area contributed by atoms with Gasteiger partial charge in [0.1, 0.15) is 54.9 Å². The second-order valence-electron chi connectivity index (χ2n) is 20.4. The quantitative estimate of drug-likeness (QED) is 0.0463. The normalized spacial score (nSPS) is 22.8. The number of hydrogen-bond acceptors (Lipinski definition) is 12. The zero-order valence-corrected chi connectivity index (χ0v) is 47.9. The Morgan fingerprint density at radius 1 is 0.329 bits per heavy atom. The molecule has 12 nitrogen and oxygen atoms in total. The predicted molar refractivity (Wildman–Crippen MR) is 316 cm³/mol. The van der Waals surface area contributed by atoms with E-state index in [-0.39, 0.29) is 57.8 Å². The van der Waals surface area contributed by atoms with E-state index in [0.717, 1.165) is 43.4 Å². The predicted octanol–water partition coefficient (Wildman–Crippen LogP) is 12.5. The van der Waals surface area contributed by atoms with Gasteiger partial charge in [-0.1, -0.05) is 228 Å². The fourth-order valence-electron chi connectivity index (χ4n) is 10.2. The van der Waals surface area contributed by atoms with Gasteiger partial charge in [0.15, 0.2) is 16.1 Å². The SMILES string of the molecule is O=S(=O)(C[C@@H]1OC(COCc2ccccc2)[C@@H](O[C@@H]2OC(COCc3ccccc3)[C@@H](OCc3ccccc3)[C@@H](OCc3ccccc3)C2OCc2ccccc2)[C@@H](OCc2ccccc2)C1OCc1ccccc1)c1ccc(Br)cc1. The van der Waals surface area contributed by atoms with Crippen molar-refractivity contribution in [3.05, 3.63) is 280 Å². The molecule has 0 radical (unpaired) electrons. The number of ether oxygens (including phenoxy) is 10. The van der Waals surface area contributed by atoms with Gasteiger partial charge in [-0.15, -0.1) is 0 Å². The highest BCUT2D eigenvalue weighted by molar-refractivity contribution is 9.10. The Labute approximate surface area is 490 Å². The maximum absolute atomic E-state index is 14.7. The van der Waals surface area contributed by atoms with Crippen molar-refractivity contribution in [3.63, 3.8) is 0 Å². The Bertz CT molecular complexity index is 3190. The molecule has 8 aromatic rings. The van der Waals surface area contributed by atoms with E-state index < -0.39 is 76.8 Å². The van der Waals surface area contributed by atoms with Crippen molar-refractivity contribution in [3.8, 4) is 0 Å². The van der Waals surface area contributed by atoms with Gasteiger partial charge in [0.25, 0.3) is 0 Å². The molecule has 0 bridgehead atoms. The van der Waals surface area contributed by atoms with Crippen LogP contribution in [0.15, 0.2) is 246 Å². The molecule has 8 aromatic carbocycles. The van der Waals surface area contributed by atoms with Crippen LogP contribution in [0.5, 0.6) is 0 Å². The summed E-state index contributed by atoms with van der Waals surface area (Å²) in [7, 11) is -4.01. The van der Waals surface area contributed by atoms with Crippen LogP contribution in [0.1, 0.15) is 38.9 Å². The van der Waals surface area contributed by atoms with Crippen molar-refractivity contribution < 1.29 is 55.8 Å². The third-order valence-electron chi connectivity index (χ3n) is 14.4. The second kappa shape index (κ2) is 30.4. The molecular weight excluding hydrogens is 1120 g/mol. The van der Waals surface area contributed by atoms with Gasteiger partial charge in [0.2, 0.25) is 0 Å². The third-order valence-corrected chi connectivity index (χ3v) is 16.7. The summed E-state index contributed by atoms with van der Waals surface area (Å²) in [6.07, 6.45) is -9.69. The molecule has 2 aliphatic heterocycles. The minimum atomic E-state index is -4.01. The van der Waals surface area contributed by atoms with E-state index in [0.29, 0.717) is 6.61 Å². The van der Waals surface area contributed by atoms with E-state index in [4.69, 9.17) is 47.4 Å². The van der Waals surface area contributed by atoms with Crippen LogP contribution >= 0.6 is 15.9 Å². The van der Waals surface area contributed by atoms with Crippen LogP contribution in [0, 0.1) is 0 Å². The molecule has 0 spiro atoms. The van der Waals surface area contributed by atoms with E-state index in [1.807, 2.05) is 212 Å². The van der Waals surface area contributed by atoms with E-state index in [1.54, 1.807) is 24.3 Å². The minimum Gasteiger partial charge on any atom is -0.374 e. The first-order valence-electron chi connectivity index (χ1n) is 27.8. The van der Waals surface area contributed by atoms with Crippen molar-refractivity contribution in [1.29, 1.82) is 0 Å². The molecule has 82 heavy (non-hydrogen) atoms. The molecule has 2 fully saturated rings. The molecule has 0 aliphatic carbocycles. The fourth-order valence-corrected chi connectivity index (χ4v) is 11.9. The summed E-state index contributed by atoms with van der Waals surface area (Å²) in [6.45, 7) is 1.43. The van der Waals surface area contributed by atoms with Gasteiger partial charge < -0.3 is 47.4 Å². The lowest BCUT2D eigenvalue weighted by Gasteiger charge is -2.50. The molecule has 10 atom stereocenters. The largest absolute Gasteiger partial charge is 0.374 e. The molecule has 0 N–H and O–H groups in total. The average molecular weight is 1190 g/mol. The maximum atomic E-state index is 14.7. The number of benzene rings is 8. The Hall–Kier alpha value is -6.21. The van der Waals surface area contributed by atoms with E-state index in [1.165, 1.54) is 0 Å². The van der Waals surface area contributed by atoms with Crippen LogP contribution in [0.4, 0.5) is 0 Å². The molecule has 2 saturated heterocycles. The first kappa shape index (κ1) is 59.0. The van der Waals surface area contributed by atoms with E-state index in [9.17, 15) is 8.42 Å². The summed E-state index contributed by atoms with van der Waals surface area (Å²) in [5, 5.41) is 0. The first-order valence-corrected chi connectivity index (χ1v) is 30.2. The summed E-state index contributed by atoms with van der Waals surface area (Å²) in [6, 6.07) is 75.8. The van der Waals surface area contributed by atoms with Crippen LogP contribution in [0.2, 0.25) is 0 Å². The minimum absolute atomic E-state index is 0.0341. The van der Waals surface area contributed by atoms with Crippen LogP contribution in [-0.2, 0) is 103 Å². The van der Waals surface area contributed by atoms with Crippen LogP contribution in [0.3, 0.4) is 0 Å². The molecule has 10 rings (SSSR count). The van der Waals surface area contributed by atoms with E-state index in [2.05, 4.69) is 15.9 Å². The third kappa shape index (κ3) is 17.0. The number of halogens is 1. The average Bonchev–Trinajstić information content (AvgIpc) is 3.67.